The number of rotatable bonds is 7. The maximum atomic E-state index is 12.5. The predicted molar refractivity (Wildman–Crippen MR) is 126 cm³/mol. The van der Waals surface area contributed by atoms with Crippen molar-refractivity contribution in [1.29, 1.82) is 0 Å². The summed E-state index contributed by atoms with van der Waals surface area (Å²) >= 11 is 0. The number of nitro benzene ring substituents is 1. The number of non-ortho nitro benzene ring substituents is 1. The van der Waals surface area contributed by atoms with E-state index in [1.807, 2.05) is 11.0 Å². The Morgan fingerprint density at radius 1 is 1.31 bits per heavy atom. The van der Waals surface area contributed by atoms with Gasteiger partial charge < -0.3 is 15.5 Å². The minimum atomic E-state index is -0.396. The molecule has 1 heterocycles. The molecule has 9 heteroatoms. The summed E-state index contributed by atoms with van der Waals surface area (Å²) in [5.74, 6) is 1.07. The largest absolute Gasteiger partial charge is 0.354 e. The summed E-state index contributed by atoms with van der Waals surface area (Å²) in [6.45, 7) is 6.10. The lowest BCUT2D eigenvalue weighted by Crippen LogP contribution is -2.50. The summed E-state index contributed by atoms with van der Waals surface area (Å²) in [7, 11) is 1.70. The zero-order chi connectivity index (χ0) is 20.5. The Morgan fingerprint density at radius 2 is 1.97 bits per heavy atom. The summed E-state index contributed by atoms with van der Waals surface area (Å²) in [6, 6.07) is 6.81. The van der Waals surface area contributed by atoms with Crippen LogP contribution >= 0.6 is 24.0 Å². The molecule has 162 valence electrons. The summed E-state index contributed by atoms with van der Waals surface area (Å²) in [4.78, 5) is 29.2. The molecule has 1 fully saturated rings. The average molecular weight is 517 g/mol. The van der Waals surface area contributed by atoms with Crippen LogP contribution in [0.25, 0.3) is 0 Å². The second kappa shape index (κ2) is 12.6. The SMILES string of the molecule is CCC(CC)C(=O)N1CCC(NC(=NC)NCc2cccc([N+](=O)[O-])c2)CC1.I. The normalized spacial score (nSPS) is 15.0. The molecule has 1 aliphatic rings. The molecule has 2 N–H and O–H groups in total. The van der Waals surface area contributed by atoms with Crippen LogP contribution in [0.3, 0.4) is 0 Å². The Morgan fingerprint density at radius 3 is 2.52 bits per heavy atom. The van der Waals surface area contributed by atoms with Crippen LogP contribution in [0.2, 0.25) is 0 Å². The second-order valence-corrected chi connectivity index (χ2v) is 7.11. The number of carbonyl (C=O) groups is 1. The topological polar surface area (TPSA) is 99.9 Å². The van der Waals surface area contributed by atoms with Gasteiger partial charge in [0.2, 0.25) is 5.91 Å². The van der Waals surface area contributed by atoms with Crippen molar-refractivity contribution >= 4 is 41.5 Å². The third kappa shape index (κ3) is 7.45. The van der Waals surface area contributed by atoms with Crippen molar-refractivity contribution in [2.75, 3.05) is 20.1 Å². The summed E-state index contributed by atoms with van der Waals surface area (Å²) < 4.78 is 0. The van der Waals surface area contributed by atoms with Crippen molar-refractivity contribution in [3.63, 3.8) is 0 Å². The summed E-state index contributed by atoms with van der Waals surface area (Å²) in [5, 5.41) is 17.5. The van der Waals surface area contributed by atoms with Crippen LogP contribution < -0.4 is 10.6 Å². The van der Waals surface area contributed by atoms with E-state index in [9.17, 15) is 14.9 Å². The molecule has 1 aromatic carbocycles. The summed E-state index contributed by atoms with van der Waals surface area (Å²) in [6.07, 6.45) is 3.54. The molecule has 0 unspecified atom stereocenters. The van der Waals surface area contributed by atoms with Crippen LogP contribution in [0.1, 0.15) is 45.1 Å². The van der Waals surface area contributed by atoms with Gasteiger partial charge in [-0.3, -0.25) is 19.9 Å². The summed E-state index contributed by atoms with van der Waals surface area (Å²) in [5.41, 5.74) is 0.902. The number of amides is 1. The maximum Gasteiger partial charge on any atom is 0.269 e. The Bertz CT molecular complexity index is 701. The highest BCUT2D eigenvalue weighted by atomic mass is 127. The number of nitrogens with one attached hydrogen (secondary N) is 2. The number of likely N-dealkylation sites (tertiary alicyclic amines) is 1. The number of benzene rings is 1. The molecule has 0 bridgehead atoms. The number of hydrogen-bond acceptors (Lipinski definition) is 4. The van der Waals surface area contributed by atoms with E-state index in [1.165, 1.54) is 6.07 Å². The van der Waals surface area contributed by atoms with Crippen molar-refractivity contribution < 1.29 is 9.72 Å². The third-order valence-corrected chi connectivity index (χ3v) is 5.29. The van der Waals surface area contributed by atoms with Crippen LogP contribution in [0, 0.1) is 16.0 Å². The van der Waals surface area contributed by atoms with Crippen LogP contribution in [-0.4, -0.2) is 47.9 Å². The highest BCUT2D eigenvalue weighted by Crippen LogP contribution is 2.17. The molecule has 2 rings (SSSR count). The van der Waals surface area contributed by atoms with E-state index < -0.39 is 4.92 Å². The molecular weight excluding hydrogens is 485 g/mol. The number of hydrogen-bond donors (Lipinski definition) is 2. The number of piperidine rings is 1. The molecule has 8 nitrogen and oxygen atoms in total. The standard InChI is InChI=1S/C20H31N5O3.HI/c1-4-16(5-2)19(26)24-11-9-17(10-12-24)23-20(21-3)22-14-15-7-6-8-18(13-15)25(27)28;/h6-8,13,16-17H,4-5,9-12,14H2,1-3H3,(H2,21,22,23);1H. The molecule has 0 atom stereocenters. The molecule has 0 aromatic heterocycles. The van der Waals surface area contributed by atoms with Gasteiger partial charge in [-0.05, 0) is 31.2 Å². The highest BCUT2D eigenvalue weighted by Gasteiger charge is 2.26. The Kier molecular flexibility index (Phi) is 10.9. The number of halogens is 1. The lowest BCUT2D eigenvalue weighted by molar-refractivity contribution is -0.384. The number of guanidine groups is 1. The molecule has 1 amide bonds. The molecule has 0 radical (unpaired) electrons. The molecule has 0 spiro atoms. The lowest BCUT2D eigenvalue weighted by atomic mass is 9.98. The molecule has 1 aromatic rings. The smallest absolute Gasteiger partial charge is 0.269 e. The first kappa shape index (κ1) is 25.1. The van der Waals surface area contributed by atoms with E-state index in [0.29, 0.717) is 12.5 Å². The van der Waals surface area contributed by atoms with Gasteiger partial charge >= 0.3 is 0 Å². The van der Waals surface area contributed by atoms with Gasteiger partial charge in [-0.2, -0.15) is 0 Å². The van der Waals surface area contributed by atoms with E-state index in [1.54, 1.807) is 19.2 Å². The number of nitrogens with zero attached hydrogens (tertiary/aromatic N) is 3. The van der Waals surface area contributed by atoms with Crippen molar-refractivity contribution in [2.45, 2.75) is 52.1 Å². The van der Waals surface area contributed by atoms with Gasteiger partial charge in [0.05, 0.1) is 4.92 Å². The molecular formula is C20H32IN5O3. The van der Waals surface area contributed by atoms with Gasteiger partial charge in [-0.15, -0.1) is 24.0 Å². The first-order valence-corrected chi connectivity index (χ1v) is 9.97. The van der Waals surface area contributed by atoms with Gasteiger partial charge in [-0.25, -0.2) is 0 Å². The minimum absolute atomic E-state index is 0. The molecule has 1 saturated heterocycles. The van der Waals surface area contributed by atoms with E-state index in [-0.39, 0.29) is 47.5 Å². The third-order valence-electron chi connectivity index (χ3n) is 5.29. The molecule has 0 aliphatic carbocycles. The fourth-order valence-corrected chi connectivity index (χ4v) is 3.49. The fourth-order valence-electron chi connectivity index (χ4n) is 3.49. The Balaban J connectivity index is 0.00000420. The molecule has 29 heavy (non-hydrogen) atoms. The van der Waals surface area contributed by atoms with E-state index in [2.05, 4.69) is 29.5 Å². The van der Waals surface area contributed by atoms with Gasteiger partial charge in [0.15, 0.2) is 5.96 Å². The Labute approximate surface area is 189 Å². The first-order chi connectivity index (χ1) is 13.5. The molecule has 0 saturated carbocycles. The van der Waals surface area contributed by atoms with Crippen molar-refractivity contribution in [3.05, 3.63) is 39.9 Å². The minimum Gasteiger partial charge on any atom is -0.354 e. The van der Waals surface area contributed by atoms with Crippen molar-refractivity contribution in [1.82, 2.24) is 15.5 Å². The number of nitro groups is 1. The Hall–Kier alpha value is -1.91. The fraction of sp³-hybridized carbons (Fsp3) is 0.600. The highest BCUT2D eigenvalue weighted by molar-refractivity contribution is 14.0. The zero-order valence-corrected chi connectivity index (χ0v) is 19.7. The van der Waals surface area contributed by atoms with Crippen molar-refractivity contribution in [2.24, 2.45) is 10.9 Å². The average Bonchev–Trinajstić information content (AvgIpc) is 2.72. The van der Waals surface area contributed by atoms with Gasteiger partial charge in [0, 0.05) is 50.8 Å². The van der Waals surface area contributed by atoms with E-state index >= 15 is 0 Å². The van der Waals surface area contributed by atoms with Gasteiger partial charge in [0.1, 0.15) is 0 Å². The predicted octanol–water partition coefficient (Wildman–Crippen LogP) is 3.31. The van der Waals surface area contributed by atoms with Crippen molar-refractivity contribution in [3.8, 4) is 0 Å². The molecule has 1 aliphatic heterocycles. The second-order valence-electron chi connectivity index (χ2n) is 7.11. The zero-order valence-electron chi connectivity index (χ0n) is 17.4. The van der Waals surface area contributed by atoms with Crippen LogP contribution in [-0.2, 0) is 11.3 Å². The van der Waals surface area contributed by atoms with Gasteiger partial charge in [-0.1, -0.05) is 26.0 Å². The van der Waals surface area contributed by atoms with Crippen LogP contribution in [0.5, 0.6) is 0 Å². The van der Waals surface area contributed by atoms with E-state index in [0.717, 1.165) is 44.3 Å². The van der Waals surface area contributed by atoms with Gasteiger partial charge in [0.25, 0.3) is 5.69 Å². The number of aliphatic imine (C=N–C) groups is 1. The lowest BCUT2D eigenvalue weighted by Gasteiger charge is -2.34. The van der Waals surface area contributed by atoms with Crippen LogP contribution in [0.4, 0.5) is 5.69 Å². The first-order valence-electron chi connectivity index (χ1n) is 9.97. The van der Waals surface area contributed by atoms with Crippen LogP contribution in [0.15, 0.2) is 29.3 Å². The quantitative estimate of drug-likeness (QED) is 0.190. The van der Waals surface area contributed by atoms with E-state index in [4.69, 9.17) is 0 Å². The monoisotopic (exact) mass is 517 g/mol. The maximum absolute atomic E-state index is 12.5. The number of carbonyl (C=O) groups excluding carboxylic acids is 1.